The molecule has 0 spiro atoms. The number of carbonyl (C=O) groups excluding carboxylic acids is 1. The quantitative estimate of drug-likeness (QED) is 0.284. The summed E-state index contributed by atoms with van der Waals surface area (Å²) in [5.41, 5.74) is 1.41. The van der Waals surface area contributed by atoms with Crippen molar-refractivity contribution in [3.63, 3.8) is 0 Å². The number of nitriles is 1. The summed E-state index contributed by atoms with van der Waals surface area (Å²) in [6.07, 6.45) is 1.38. The number of rotatable bonds is 6. The second-order valence-electron chi connectivity index (χ2n) is 9.44. The highest BCUT2D eigenvalue weighted by molar-refractivity contribution is 5.89. The number of fused-ring (bicyclic) bond motifs is 1. The standard InChI is InChI=1S/C30H24N6O3/c31-20-30(24-12-6-10-21-7-4-5-11-23(21)24)15-17-36(18-16-30)27-14-13-25(33-34-27)28-32-26(35-39-28)19-38-29(37)22-8-2-1-3-9-22/h1-14H,15-19H2. The zero-order valence-corrected chi connectivity index (χ0v) is 21.0. The molecule has 0 unspecified atom stereocenters. The maximum atomic E-state index is 12.1. The van der Waals surface area contributed by atoms with Crippen LogP contribution in [-0.4, -0.2) is 39.4 Å². The Morgan fingerprint density at radius 1 is 0.949 bits per heavy atom. The van der Waals surface area contributed by atoms with E-state index in [1.165, 1.54) is 0 Å². The molecule has 0 amide bonds. The smallest absolute Gasteiger partial charge is 0.338 e. The van der Waals surface area contributed by atoms with Crippen molar-refractivity contribution in [2.24, 2.45) is 0 Å². The molecule has 0 N–H and O–H groups in total. The molecule has 1 fully saturated rings. The number of ether oxygens (including phenoxy) is 1. The summed E-state index contributed by atoms with van der Waals surface area (Å²) in [5.74, 6) is 0.684. The van der Waals surface area contributed by atoms with Gasteiger partial charge in [0.2, 0.25) is 5.82 Å². The second-order valence-corrected chi connectivity index (χ2v) is 9.44. The number of hydrogen-bond acceptors (Lipinski definition) is 9. The van der Waals surface area contributed by atoms with Crippen LogP contribution in [0.1, 0.15) is 34.6 Å². The summed E-state index contributed by atoms with van der Waals surface area (Å²) in [5, 5.41) is 25.1. The first-order chi connectivity index (χ1) is 19.1. The number of benzene rings is 3. The van der Waals surface area contributed by atoms with Gasteiger partial charge in [0, 0.05) is 13.1 Å². The van der Waals surface area contributed by atoms with E-state index in [1.54, 1.807) is 30.3 Å². The lowest BCUT2D eigenvalue weighted by atomic mass is 9.72. The van der Waals surface area contributed by atoms with Gasteiger partial charge in [-0.2, -0.15) is 10.2 Å². The molecule has 192 valence electrons. The van der Waals surface area contributed by atoms with Gasteiger partial charge in [-0.05, 0) is 53.4 Å². The van der Waals surface area contributed by atoms with Crippen molar-refractivity contribution >= 4 is 22.6 Å². The molecule has 0 saturated carbocycles. The largest absolute Gasteiger partial charge is 0.454 e. The molecule has 3 aromatic carbocycles. The summed E-state index contributed by atoms with van der Waals surface area (Å²) in [7, 11) is 0. The van der Waals surface area contributed by atoms with E-state index in [9.17, 15) is 10.1 Å². The van der Waals surface area contributed by atoms with Crippen LogP contribution in [0.25, 0.3) is 22.4 Å². The van der Waals surface area contributed by atoms with E-state index in [2.05, 4.69) is 55.6 Å². The number of piperidine rings is 1. The molecular weight excluding hydrogens is 492 g/mol. The van der Waals surface area contributed by atoms with Crippen LogP contribution in [0, 0.1) is 11.3 Å². The predicted octanol–water partition coefficient (Wildman–Crippen LogP) is 5.10. The van der Waals surface area contributed by atoms with E-state index in [4.69, 9.17) is 9.26 Å². The fraction of sp³-hybridized carbons (Fsp3) is 0.200. The predicted molar refractivity (Wildman–Crippen MR) is 144 cm³/mol. The third kappa shape index (κ3) is 4.80. The Balaban J connectivity index is 1.11. The third-order valence-corrected chi connectivity index (χ3v) is 7.14. The highest BCUT2D eigenvalue weighted by Crippen LogP contribution is 2.39. The molecule has 9 nitrogen and oxygen atoms in total. The average Bonchev–Trinajstić information content (AvgIpc) is 3.49. The van der Waals surface area contributed by atoms with Crippen molar-refractivity contribution in [2.75, 3.05) is 18.0 Å². The van der Waals surface area contributed by atoms with Gasteiger partial charge in [0.1, 0.15) is 0 Å². The fourth-order valence-corrected chi connectivity index (χ4v) is 5.01. The first kappa shape index (κ1) is 24.2. The Kier molecular flexibility index (Phi) is 6.43. The highest BCUT2D eigenvalue weighted by Gasteiger charge is 2.38. The number of carbonyl (C=O) groups is 1. The molecule has 6 rings (SSSR count). The lowest BCUT2D eigenvalue weighted by Crippen LogP contribution is -2.42. The van der Waals surface area contributed by atoms with Gasteiger partial charge >= 0.3 is 5.97 Å². The summed E-state index contributed by atoms with van der Waals surface area (Å²) >= 11 is 0. The van der Waals surface area contributed by atoms with E-state index >= 15 is 0 Å². The fourth-order valence-electron chi connectivity index (χ4n) is 5.01. The van der Waals surface area contributed by atoms with Crippen LogP contribution in [-0.2, 0) is 16.8 Å². The Labute approximate surface area is 224 Å². The average molecular weight is 517 g/mol. The third-order valence-electron chi connectivity index (χ3n) is 7.14. The molecule has 0 bridgehead atoms. The van der Waals surface area contributed by atoms with Crippen LogP contribution in [0.3, 0.4) is 0 Å². The lowest BCUT2D eigenvalue weighted by molar-refractivity contribution is 0.0459. The Morgan fingerprint density at radius 3 is 2.49 bits per heavy atom. The highest BCUT2D eigenvalue weighted by atomic mass is 16.5. The summed E-state index contributed by atoms with van der Waals surface area (Å²) < 4.78 is 10.5. The summed E-state index contributed by atoms with van der Waals surface area (Å²) in [4.78, 5) is 18.5. The maximum absolute atomic E-state index is 12.1. The normalized spacial score (nSPS) is 14.6. The van der Waals surface area contributed by atoms with Crippen molar-refractivity contribution in [2.45, 2.75) is 24.9 Å². The summed E-state index contributed by atoms with van der Waals surface area (Å²) in [6.45, 7) is 1.25. The van der Waals surface area contributed by atoms with E-state index in [0.29, 0.717) is 37.2 Å². The molecule has 1 saturated heterocycles. The van der Waals surface area contributed by atoms with Gasteiger partial charge in [-0.25, -0.2) is 4.79 Å². The minimum Gasteiger partial charge on any atom is -0.454 e. The van der Waals surface area contributed by atoms with Crippen LogP contribution >= 0.6 is 0 Å². The monoisotopic (exact) mass is 516 g/mol. The minimum atomic E-state index is -0.547. The Morgan fingerprint density at radius 2 is 1.72 bits per heavy atom. The van der Waals surface area contributed by atoms with Crippen LogP contribution in [0.2, 0.25) is 0 Å². The Hall–Kier alpha value is -5.10. The van der Waals surface area contributed by atoms with Crippen molar-refractivity contribution in [3.8, 4) is 17.7 Å². The van der Waals surface area contributed by atoms with Gasteiger partial charge in [-0.1, -0.05) is 65.8 Å². The number of hydrogen-bond donors (Lipinski definition) is 0. The van der Waals surface area contributed by atoms with Crippen LogP contribution < -0.4 is 4.90 Å². The van der Waals surface area contributed by atoms with Crippen molar-refractivity contribution in [1.82, 2.24) is 20.3 Å². The van der Waals surface area contributed by atoms with Gasteiger partial charge in [-0.15, -0.1) is 10.2 Å². The first-order valence-corrected chi connectivity index (χ1v) is 12.7. The molecule has 0 atom stereocenters. The lowest BCUT2D eigenvalue weighted by Gasteiger charge is -2.38. The molecule has 0 aliphatic carbocycles. The van der Waals surface area contributed by atoms with Gasteiger partial charge in [-0.3, -0.25) is 0 Å². The van der Waals surface area contributed by atoms with Crippen molar-refractivity contribution in [3.05, 3.63) is 102 Å². The van der Waals surface area contributed by atoms with Crippen LogP contribution in [0.4, 0.5) is 5.82 Å². The molecule has 5 aromatic rings. The molecule has 0 radical (unpaired) electrons. The molecule has 1 aliphatic heterocycles. The van der Waals surface area contributed by atoms with Gasteiger partial charge in [0.05, 0.1) is 17.0 Å². The van der Waals surface area contributed by atoms with E-state index < -0.39 is 11.4 Å². The van der Waals surface area contributed by atoms with Gasteiger partial charge < -0.3 is 14.2 Å². The van der Waals surface area contributed by atoms with E-state index in [-0.39, 0.29) is 18.3 Å². The molecule has 2 aromatic heterocycles. The topological polar surface area (TPSA) is 118 Å². The van der Waals surface area contributed by atoms with Crippen LogP contribution in [0.15, 0.2) is 89.5 Å². The summed E-state index contributed by atoms with van der Waals surface area (Å²) in [6, 6.07) is 29.4. The zero-order valence-electron chi connectivity index (χ0n) is 21.0. The first-order valence-electron chi connectivity index (χ1n) is 12.7. The molecule has 39 heavy (non-hydrogen) atoms. The molecule has 9 heteroatoms. The number of anilines is 1. The maximum Gasteiger partial charge on any atom is 0.338 e. The molecule has 1 aliphatic rings. The second kappa shape index (κ2) is 10.3. The number of nitrogens with zero attached hydrogens (tertiary/aromatic N) is 6. The van der Waals surface area contributed by atoms with Crippen molar-refractivity contribution in [1.29, 1.82) is 5.26 Å². The van der Waals surface area contributed by atoms with Gasteiger partial charge in [0.15, 0.2) is 18.1 Å². The van der Waals surface area contributed by atoms with Crippen LogP contribution in [0.5, 0.6) is 0 Å². The molecular formula is C30H24N6O3. The van der Waals surface area contributed by atoms with Gasteiger partial charge in [0.25, 0.3) is 5.89 Å². The van der Waals surface area contributed by atoms with Crippen molar-refractivity contribution < 1.29 is 14.1 Å². The zero-order chi connectivity index (χ0) is 26.7. The Bertz CT molecular complexity index is 1650. The van der Waals surface area contributed by atoms with E-state index in [0.717, 1.165) is 22.2 Å². The number of esters is 1. The SMILES string of the molecule is N#CC1(c2cccc3ccccc23)CCN(c2ccc(-c3nc(COC(=O)c4ccccc4)no3)nn2)CC1. The molecule has 3 heterocycles. The van der Waals surface area contributed by atoms with E-state index in [1.807, 2.05) is 30.3 Å². The number of aromatic nitrogens is 4. The minimum absolute atomic E-state index is 0.117.